The second-order valence-corrected chi connectivity index (χ2v) is 7.40. The average Bonchev–Trinajstić information content (AvgIpc) is 2.33. The van der Waals surface area contributed by atoms with Crippen LogP contribution in [0, 0.1) is 0 Å². The SMILES string of the molecule is C=NC(=O)CC(C(=O)OC(C)(C)C)P(=O)(OCC)OCC. The number of ether oxygens (including phenoxy) is 1. The van der Waals surface area contributed by atoms with Gasteiger partial charge in [0.15, 0.2) is 5.66 Å². The molecule has 0 saturated carbocycles. The van der Waals surface area contributed by atoms with Gasteiger partial charge in [0.1, 0.15) is 5.60 Å². The molecule has 0 rings (SSSR count). The molecule has 1 amide bonds. The van der Waals surface area contributed by atoms with Crippen LogP contribution in [-0.2, 0) is 27.9 Å². The summed E-state index contributed by atoms with van der Waals surface area (Å²) in [7, 11) is -3.82. The fourth-order valence-corrected chi connectivity index (χ4v) is 3.35. The van der Waals surface area contributed by atoms with Crippen LogP contribution in [0.2, 0.25) is 0 Å². The van der Waals surface area contributed by atoms with Crippen LogP contribution in [0.25, 0.3) is 0 Å². The van der Waals surface area contributed by atoms with Crippen LogP contribution < -0.4 is 0 Å². The van der Waals surface area contributed by atoms with E-state index < -0.39 is 37.2 Å². The molecule has 0 aliphatic rings. The number of rotatable bonds is 8. The third-order valence-corrected chi connectivity index (χ3v) is 4.62. The molecule has 0 fully saturated rings. The Bertz CT molecular complexity index is 419. The lowest BCUT2D eigenvalue weighted by Gasteiger charge is -2.27. The van der Waals surface area contributed by atoms with Gasteiger partial charge in [0.2, 0.25) is 5.91 Å². The number of esters is 1. The van der Waals surface area contributed by atoms with Crippen molar-refractivity contribution in [3.8, 4) is 0 Å². The molecule has 0 bridgehead atoms. The van der Waals surface area contributed by atoms with Crippen molar-refractivity contribution in [1.82, 2.24) is 0 Å². The quantitative estimate of drug-likeness (QED) is 0.388. The van der Waals surface area contributed by atoms with Gasteiger partial charge in [0.25, 0.3) is 0 Å². The first-order valence-corrected chi connectivity index (χ1v) is 8.32. The van der Waals surface area contributed by atoms with Crippen LogP contribution in [0.3, 0.4) is 0 Å². The van der Waals surface area contributed by atoms with E-state index in [-0.39, 0.29) is 13.2 Å². The first-order chi connectivity index (χ1) is 9.59. The first-order valence-electron chi connectivity index (χ1n) is 6.70. The van der Waals surface area contributed by atoms with Crippen molar-refractivity contribution in [3.63, 3.8) is 0 Å². The third kappa shape index (κ3) is 6.98. The largest absolute Gasteiger partial charge is 0.459 e. The van der Waals surface area contributed by atoms with Crippen LogP contribution in [0.5, 0.6) is 0 Å². The zero-order chi connectivity index (χ0) is 16.7. The molecule has 1 atom stereocenters. The van der Waals surface area contributed by atoms with E-state index in [9.17, 15) is 14.2 Å². The van der Waals surface area contributed by atoms with Crippen LogP contribution in [0.1, 0.15) is 41.0 Å². The Kier molecular flexibility index (Phi) is 8.00. The van der Waals surface area contributed by atoms with E-state index in [4.69, 9.17) is 13.8 Å². The minimum absolute atomic E-state index is 0.0757. The van der Waals surface area contributed by atoms with Gasteiger partial charge in [-0.2, -0.15) is 0 Å². The molecule has 21 heavy (non-hydrogen) atoms. The summed E-state index contributed by atoms with van der Waals surface area (Å²) in [6, 6.07) is 0. The highest BCUT2D eigenvalue weighted by Crippen LogP contribution is 2.55. The lowest BCUT2D eigenvalue weighted by molar-refractivity contribution is -0.155. The van der Waals surface area contributed by atoms with E-state index in [0.717, 1.165) is 0 Å². The number of hydrogen-bond donors (Lipinski definition) is 0. The Morgan fingerprint density at radius 2 is 1.67 bits per heavy atom. The smallest absolute Gasteiger partial charge is 0.345 e. The lowest BCUT2D eigenvalue weighted by atomic mass is 10.2. The molecule has 0 aromatic rings. The molecule has 0 radical (unpaired) electrons. The number of aliphatic imine (C=N–C) groups is 1. The van der Waals surface area contributed by atoms with Gasteiger partial charge in [-0.15, -0.1) is 0 Å². The zero-order valence-corrected chi connectivity index (χ0v) is 14.1. The van der Waals surface area contributed by atoms with Crippen LogP contribution in [0.4, 0.5) is 0 Å². The highest BCUT2D eigenvalue weighted by Gasteiger charge is 2.44. The van der Waals surface area contributed by atoms with Crippen molar-refractivity contribution >= 4 is 26.2 Å². The molecule has 0 aliphatic heterocycles. The zero-order valence-electron chi connectivity index (χ0n) is 13.2. The normalized spacial score (nSPS) is 13.6. The minimum Gasteiger partial charge on any atom is -0.459 e. The number of hydrogen-bond acceptors (Lipinski definition) is 6. The molecule has 0 heterocycles. The molecule has 8 heteroatoms. The summed E-state index contributed by atoms with van der Waals surface area (Å²) < 4.78 is 28.2. The van der Waals surface area contributed by atoms with Gasteiger partial charge in [0.05, 0.1) is 19.6 Å². The van der Waals surface area contributed by atoms with E-state index >= 15 is 0 Å². The maximum Gasteiger partial charge on any atom is 0.345 e. The second-order valence-electron chi connectivity index (χ2n) is 5.18. The summed E-state index contributed by atoms with van der Waals surface area (Å²) in [6.07, 6.45) is -0.435. The first kappa shape index (κ1) is 20.0. The predicted molar refractivity (Wildman–Crippen MR) is 79.7 cm³/mol. The highest BCUT2D eigenvalue weighted by atomic mass is 31.2. The van der Waals surface area contributed by atoms with E-state index in [1.165, 1.54) is 0 Å². The van der Waals surface area contributed by atoms with Gasteiger partial charge >= 0.3 is 13.6 Å². The Morgan fingerprint density at radius 3 is 2.00 bits per heavy atom. The highest BCUT2D eigenvalue weighted by molar-refractivity contribution is 7.55. The summed E-state index contributed by atoms with van der Waals surface area (Å²) in [4.78, 5) is 26.9. The summed E-state index contributed by atoms with van der Waals surface area (Å²) in [5.41, 5.74) is -2.14. The van der Waals surface area contributed by atoms with Crippen LogP contribution in [0.15, 0.2) is 4.99 Å². The second kappa shape index (κ2) is 8.41. The third-order valence-electron chi connectivity index (χ3n) is 2.22. The van der Waals surface area contributed by atoms with Gasteiger partial charge < -0.3 is 13.8 Å². The summed E-state index contributed by atoms with van der Waals surface area (Å²) in [6.45, 7) is 11.5. The molecule has 0 spiro atoms. The standard InChI is InChI=1S/C13H24NO6P/c1-7-18-21(17,19-8-2)10(9-11(15)14-6)12(16)20-13(3,4)5/h10H,6-9H2,1-5H3. The Hall–Kier alpha value is -1.04. The summed E-state index contributed by atoms with van der Waals surface area (Å²) in [5.74, 6) is -1.49. The molecule has 122 valence electrons. The van der Waals surface area contributed by atoms with E-state index in [1.54, 1.807) is 34.6 Å². The number of carbonyl (C=O) groups is 2. The van der Waals surface area contributed by atoms with Crippen molar-refractivity contribution < 1.29 is 27.9 Å². The van der Waals surface area contributed by atoms with Crippen molar-refractivity contribution in [3.05, 3.63) is 0 Å². The maximum absolute atomic E-state index is 12.7. The molecular weight excluding hydrogens is 297 g/mol. The van der Waals surface area contributed by atoms with Crippen molar-refractivity contribution in [2.24, 2.45) is 4.99 Å². The molecule has 0 aromatic heterocycles. The van der Waals surface area contributed by atoms with Crippen molar-refractivity contribution in [2.75, 3.05) is 13.2 Å². The summed E-state index contributed by atoms with van der Waals surface area (Å²) in [5, 5.41) is 0. The number of amides is 1. The average molecular weight is 321 g/mol. The van der Waals surface area contributed by atoms with E-state index in [2.05, 4.69) is 11.7 Å². The Labute approximate surface area is 125 Å². The topological polar surface area (TPSA) is 91.3 Å². The Balaban J connectivity index is 5.45. The van der Waals surface area contributed by atoms with Crippen molar-refractivity contribution in [2.45, 2.75) is 52.3 Å². The fraction of sp³-hybridized carbons (Fsp3) is 0.769. The molecule has 0 aromatic carbocycles. The van der Waals surface area contributed by atoms with E-state index in [0.29, 0.717) is 0 Å². The van der Waals surface area contributed by atoms with Gasteiger partial charge in [-0.1, -0.05) is 0 Å². The van der Waals surface area contributed by atoms with Crippen molar-refractivity contribution in [1.29, 1.82) is 0 Å². The molecule has 1 unspecified atom stereocenters. The van der Waals surface area contributed by atoms with Gasteiger partial charge in [-0.05, 0) is 41.3 Å². The van der Waals surface area contributed by atoms with Gasteiger partial charge in [-0.3, -0.25) is 14.2 Å². The molecule has 0 saturated heterocycles. The summed E-state index contributed by atoms with van der Waals surface area (Å²) >= 11 is 0. The van der Waals surface area contributed by atoms with E-state index in [1.807, 2.05) is 0 Å². The number of carbonyl (C=O) groups excluding carboxylic acids is 2. The van der Waals surface area contributed by atoms with Gasteiger partial charge in [0, 0.05) is 0 Å². The number of nitrogens with zero attached hydrogens (tertiary/aromatic N) is 1. The molecule has 0 N–H and O–H groups in total. The maximum atomic E-state index is 12.7. The lowest BCUT2D eigenvalue weighted by Crippen LogP contribution is -2.34. The molecule has 7 nitrogen and oxygen atoms in total. The molecule has 0 aliphatic carbocycles. The molecular formula is C13H24NO6P. The monoisotopic (exact) mass is 321 g/mol. The Morgan fingerprint density at radius 1 is 1.19 bits per heavy atom. The van der Waals surface area contributed by atoms with Crippen LogP contribution in [-0.4, -0.2) is 43.1 Å². The predicted octanol–water partition coefficient (Wildman–Crippen LogP) is 2.58. The fourth-order valence-electron chi connectivity index (χ4n) is 1.50. The van der Waals surface area contributed by atoms with Gasteiger partial charge in [-0.25, -0.2) is 4.99 Å². The van der Waals surface area contributed by atoms with Crippen LogP contribution >= 0.6 is 7.60 Å². The minimum atomic E-state index is -3.82.